The number of unbranched alkanes of at least 4 members (excludes halogenated alkanes) is 1. The van der Waals surface area contributed by atoms with Crippen molar-refractivity contribution in [2.24, 2.45) is 5.92 Å². The minimum Gasteiger partial charge on any atom is -0.349 e. The molecule has 0 aromatic heterocycles. The monoisotopic (exact) mass is 401 g/mol. The lowest BCUT2D eigenvalue weighted by Crippen LogP contribution is -2.45. The first-order valence-electron chi connectivity index (χ1n) is 11.1. The Labute approximate surface area is 175 Å². The molecule has 0 radical (unpaired) electrons. The molecule has 5 heteroatoms. The normalized spacial score (nSPS) is 18.6. The van der Waals surface area contributed by atoms with Crippen molar-refractivity contribution in [3.8, 4) is 0 Å². The number of thiocarbonyl (C=S) groups is 1. The Morgan fingerprint density at radius 2 is 1.64 bits per heavy atom. The van der Waals surface area contributed by atoms with Crippen LogP contribution in [0.15, 0.2) is 24.3 Å². The highest BCUT2D eigenvalue weighted by Crippen LogP contribution is 2.22. The fourth-order valence-corrected chi connectivity index (χ4v) is 4.52. The molecule has 0 spiro atoms. The lowest BCUT2D eigenvalue weighted by molar-refractivity contribution is -0.136. The lowest BCUT2D eigenvalue weighted by atomic mass is 9.95. The van der Waals surface area contributed by atoms with Gasteiger partial charge in [0.25, 0.3) is 0 Å². The summed E-state index contributed by atoms with van der Waals surface area (Å²) in [6.45, 7) is 5.86. The molecule has 2 heterocycles. The van der Waals surface area contributed by atoms with E-state index in [4.69, 9.17) is 12.2 Å². The van der Waals surface area contributed by atoms with E-state index in [-0.39, 0.29) is 5.92 Å². The van der Waals surface area contributed by atoms with Gasteiger partial charge in [0.2, 0.25) is 5.91 Å². The van der Waals surface area contributed by atoms with Crippen molar-refractivity contribution in [3.63, 3.8) is 0 Å². The Hall–Kier alpha value is -1.62. The van der Waals surface area contributed by atoms with E-state index in [0.29, 0.717) is 5.91 Å². The summed E-state index contributed by atoms with van der Waals surface area (Å²) in [6.07, 6.45) is 10.3. The molecule has 2 fully saturated rings. The molecule has 4 nitrogen and oxygen atoms in total. The number of likely N-dealkylation sites (tertiary alicyclic amines) is 2. The SMILES string of the molecule is CCCCc1ccc(NC(=S)N2CCC(C(=O)N3CCCCCC3)CC2)cc1. The minimum absolute atomic E-state index is 0.176. The zero-order chi connectivity index (χ0) is 19.8. The maximum atomic E-state index is 12.8. The molecule has 28 heavy (non-hydrogen) atoms. The summed E-state index contributed by atoms with van der Waals surface area (Å²) in [6, 6.07) is 8.61. The summed E-state index contributed by atoms with van der Waals surface area (Å²) in [5.74, 6) is 0.554. The van der Waals surface area contributed by atoms with Crippen molar-refractivity contribution in [2.45, 2.75) is 64.7 Å². The van der Waals surface area contributed by atoms with E-state index in [0.717, 1.165) is 69.1 Å². The van der Waals surface area contributed by atoms with Crippen molar-refractivity contribution < 1.29 is 4.79 Å². The van der Waals surface area contributed by atoms with Crippen LogP contribution in [0.2, 0.25) is 0 Å². The molecular formula is C23H35N3OS. The number of nitrogens with one attached hydrogen (secondary N) is 1. The van der Waals surface area contributed by atoms with Crippen LogP contribution in [0.25, 0.3) is 0 Å². The second-order valence-electron chi connectivity index (χ2n) is 8.23. The summed E-state index contributed by atoms with van der Waals surface area (Å²) >= 11 is 5.63. The van der Waals surface area contributed by atoms with Gasteiger partial charge >= 0.3 is 0 Å². The van der Waals surface area contributed by atoms with Crippen LogP contribution < -0.4 is 5.32 Å². The molecule has 1 aromatic carbocycles. The number of hydrogen-bond acceptors (Lipinski definition) is 2. The van der Waals surface area contributed by atoms with Crippen LogP contribution in [-0.4, -0.2) is 47.0 Å². The number of anilines is 1. The van der Waals surface area contributed by atoms with E-state index >= 15 is 0 Å². The first kappa shape index (κ1) is 21.1. The minimum atomic E-state index is 0.176. The average molecular weight is 402 g/mol. The number of benzene rings is 1. The summed E-state index contributed by atoms with van der Waals surface area (Å²) in [5.41, 5.74) is 2.43. The molecule has 2 saturated heterocycles. The number of nitrogens with zero attached hydrogens (tertiary/aromatic N) is 2. The van der Waals surface area contributed by atoms with Gasteiger partial charge in [-0.05, 0) is 68.4 Å². The first-order chi connectivity index (χ1) is 13.7. The van der Waals surface area contributed by atoms with Gasteiger partial charge < -0.3 is 15.1 Å². The molecule has 154 valence electrons. The van der Waals surface area contributed by atoms with E-state index < -0.39 is 0 Å². The number of aryl methyl sites for hydroxylation is 1. The van der Waals surface area contributed by atoms with Crippen LogP contribution in [-0.2, 0) is 11.2 Å². The quantitative estimate of drug-likeness (QED) is 0.716. The lowest BCUT2D eigenvalue weighted by Gasteiger charge is -2.35. The number of rotatable bonds is 5. The molecule has 0 unspecified atom stereocenters. The van der Waals surface area contributed by atoms with Crippen molar-refractivity contribution in [1.29, 1.82) is 0 Å². The third-order valence-electron chi connectivity index (χ3n) is 6.07. The third-order valence-corrected chi connectivity index (χ3v) is 6.43. The summed E-state index contributed by atoms with van der Waals surface area (Å²) in [4.78, 5) is 17.2. The number of piperidine rings is 1. The Balaban J connectivity index is 1.45. The summed E-state index contributed by atoms with van der Waals surface area (Å²) < 4.78 is 0. The Kier molecular flexibility index (Phi) is 8.13. The predicted molar refractivity (Wildman–Crippen MR) is 121 cm³/mol. The maximum Gasteiger partial charge on any atom is 0.225 e. The fraction of sp³-hybridized carbons (Fsp3) is 0.652. The standard InChI is InChI=1S/C23H35N3OS/c1-2-3-8-19-9-11-21(12-10-19)24-23(28)26-17-13-20(14-18-26)22(27)25-15-6-4-5-7-16-25/h9-12,20H,2-8,13-18H2,1H3,(H,24,28). The molecule has 1 aromatic rings. The largest absolute Gasteiger partial charge is 0.349 e. The molecule has 3 rings (SSSR count). The molecular weight excluding hydrogens is 366 g/mol. The fourth-order valence-electron chi connectivity index (χ4n) is 4.22. The second kappa shape index (κ2) is 10.8. The number of carbonyl (C=O) groups excluding carboxylic acids is 1. The predicted octanol–water partition coefficient (Wildman–Crippen LogP) is 4.84. The first-order valence-corrected chi connectivity index (χ1v) is 11.5. The highest BCUT2D eigenvalue weighted by atomic mass is 32.1. The van der Waals surface area contributed by atoms with Crippen molar-refractivity contribution in [2.75, 3.05) is 31.5 Å². The molecule has 2 aliphatic heterocycles. The Bertz CT molecular complexity index is 630. The van der Waals surface area contributed by atoms with E-state index in [9.17, 15) is 4.79 Å². The Morgan fingerprint density at radius 1 is 1.00 bits per heavy atom. The van der Waals surface area contributed by atoms with Crippen LogP contribution in [0.5, 0.6) is 0 Å². The molecule has 0 atom stereocenters. The van der Waals surface area contributed by atoms with Gasteiger partial charge in [-0.3, -0.25) is 4.79 Å². The molecule has 0 bridgehead atoms. The molecule has 0 aliphatic carbocycles. The van der Waals surface area contributed by atoms with Gasteiger partial charge in [-0.25, -0.2) is 0 Å². The third kappa shape index (κ3) is 5.94. The van der Waals surface area contributed by atoms with E-state index in [1.165, 1.54) is 31.2 Å². The molecule has 0 saturated carbocycles. The van der Waals surface area contributed by atoms with Gasteiger partial charge in [-0.15, -0.1) is 0 Å². The topological polar surface area (TPSA) is 35.6 Å². The van der Waals surface area contributed by atoms with Crippen LogP contribution in [0.3, 0.4) is 0 Å². The maximum absolute atomic E-state index is 12.8. The van der Waals surface area contributed by atoms with E-state index in [1.807, 2.05) is 0 Å². The van der Waals surface area contributed by atoms with Gasteiger partial charge in [0.15, 0.2) is 5.11 Å². The smallest absolute Gasteiger partial charge is 0.225 e. The highest BCUT2D eigenvalue weighted by molar-refractivity contribution is 7.80. The van der Waals surface area contributed by atoms with Crippen molar-refractivity contribution in [1.82, 2.24) is 9.80 Å². The summed E-state index contributed by atoms with van der Waals surface area (Å²) in [5, 5.41) is 4.15. The van der Waals surface area contributed by atoms with Gasteiger partial charge in [0, 0.05) is 37.8 Å². The molecule has 1 N–H and O–H groups in total. The van der Waals surface area contributed by atoms with Gasteiger partial charge in [-0.1, -0.05) is 38.3 Å². The van der Waals surface area contributed by atoms with E-state index in [1.54, 1.807) is 0 Å². The van der Waals surface area contributed by atoms with Crippen LogP contribution >= 0.6 is 12.2 Å². The summed E-state index contributed by atoms with van der Waals surface area (Å²) in [7, 11) is 0. The molecule has 1 amide bonds. The zero-order valence-electron chi connectivity index (χ0n) is 17.3. The highest BCUT2D eigenvalue weighted by Gasteiger charge is 2.29. The van der Waals surface area contributed by atoms with Crippen molar-refractivity contribution in [3.05, 3.63) is 29.8 Å². The second-order valence-corrected chi connectivity index (χ2v) is 8.62. The zero-order valence-corrected chi connectivity index (χ0v) is 18.1. The number of hydrogen-bond donors (Lipinski definition) is 1. The van der Waals surface area contributed by atoms with Crippen LogP contribution in [0, 0.1) is 5.92 Å². The van der Waals surface area contributed by atoms with E-state index in [2.05, 4.69) is 46.3 Å². The van der Waals surface area contributed by atoms with Gasteiger partial charge in [0.05, 0.1) is 0 Å². The molecule has 2 aliphatic rings. The van der Waals surface area contributed by atoms with Crippen molar-refractivity contribution >= 4 is 28.9 Å². The Morgan fingerprint density at radius 3 is 2.25 bits per heavy atom. The van der Waals surface area contributed by atoms with Crippen LogP contribution in [0.4, 0.5) is 5.69 Å². The van der Waals surface area contributed by atoms with Gasteiger partial charge in [0.1, 0.15) is 0 Å². The number of carbonyl (C=O) groups is 1. The van der Waals surface area contributed by atoms with Crippen LogP contribution in [0.1, 0.15) is 63.9 Å². The average Bonchev–Trinajstić information content (AvgIpc) is 3.02. The number of amides is 1. The van der Waals surface area contributed by atoms with Gasteiger partial charge in [-0.2, -0.15) is 0 Å².